The van der Waals surface area contributed by atoms with Crippen molar-refractivity contribution in [3.05, 3.63) is 53.1 Å². The predicted molar refractivity (Wildman–Crippen MR) is 112 cm³/mol. The van der Waals surface area contributed by atoms with Crippen molar-refractivity contribution in [3.63, 3.8) is 0 Å². The molecule has 0 aliphatic carbocycles. The maximum absolute atomic E-state index is 13.0. The van der Waals surface area contributed by atoms with Gasteiger partial charge in [-0.1, -0.05) is 11.6 Å². The zero-order chi connectivity index (χ0) is 23.0. The summed E-state index contributed by atoms with van der Waals surface area (Å²) in [7, 11) is -7.33. The Morgan fingerprint density at radius 1 is 0.935 bits per heavy atom. The Balaban J connectivity index is 1.72. The number of sulfonamides is 2. The van der Waals surface area contributed by atoms with Crippen molar-refractivity contribution in [1.82, 2.24) is 4.31 Å². The summed E-state index contributed by atoms with van der Waals surface area (Å²) in [6.07, 6.45) is -3.56. The minimum absolute atomic E-state index is 0.0119. The molecule has 1 N–H and O–H groups in total. The monoisotopic (exact) mass is 497 g/mol. The number of nitrogens with one attached hydrogen (secondary N) is 1. The lowest BCUT2D eigenvalue weighted by Crippen LogP contribution is -2.48. The van der Waals surface area contributed by atoms with Crippen LogP contribution < -0.4 is 9.62 Å². The van der Waals surface area contributed by atoms with Crippen LogP contribution in [-0.2, 0) is 26.2 Å². The number of alkyl halides is 3. The number of halogens is 4. The fourth-order valence-electron chi connectivity index (χ4n) is 3.17. The summed E-state index contributed by atoms with van der Waals surface area (Å²) in [4.78, 5) is 1.63. The van der Waals surface area contributed by atoms with Crippen LogP contribution in [0.3, 0.4) is 0 Å². The van der Waals surface area contributed by atoms with Crippen molar-refractivity contribution in [2.24, 2.45) is 0 Å². The molecule has 1 aliphatic rings. The molecule has 2 aromatic rings. The van der Waals surface area contributed by atoms with Gasteiger partial charge in [-0.15, -0.1) is 0 Å². The largest absolute Gasteiger partial charge is 0.416 e. The summed E-state index contributed by atoms with van der Waals surface area (Å²) in [6.45, 7) is 0.508. The third-order valence-corrected chi connectivity index (χ3v) is 7.35. The molecule has 0 radical (unpaired) electrons. The molecule has 2 aromatic carbocycles. The summed E-state index contributed by atoms with van der Waals surface area (Å²) in [6, 6.07) is 8.51. The van der Waals surface area contributed by atoms with Gasteiger partial charge in [0.2, 0.25) is 20.0 Å². The van der Waals surface area contributed by atoms with E-state index in [4.69, 9.17) is 11.6 Å². The minimum atomic E-state index is -4.54. The van der Waals surface area contributed by atoms with Crippen molar-refractivity contribution in [3.8, 4) is 0 Å². The van der Waals surface area contributed by atoms with Crippen LogP contribution in [0.5, 0.6) is 0 Å². The topological polar surface area (TPSA) is 86.8 Å². The van der Waals surface area contributed by atoms with Crippen LogP contribution >= 0.6 is 11.6 Å². The van der Waals surface area contributed by atoms with Crippen LogP contribution in [0.25, 0.3) is 0 Å². The first kappa shape index (κ1) is 23.6. The van der Waals surface area contributed by atoms with Gasteiger partial charge >= 0.3 is 6.18 Å². The highest BCUT2D eigenvalue weighted by atomic mass is 35.5. The molecule has 0 atom stereocenters. The molecule has 31 heavy (non-hydrogen) atoms. The van der Waals surface area contributed by atoms with Crippen LogP contribution in [-0.4, -0.2) is 53.6 Å². The highest BCUT2D eigenvalue weighted by Crippen LogP contribution is 2.34. The molecule has 0 saturated carbocycles. The quantitative estimate of drug-likeness (QED) is 0.685. The first-order valence-corrected chi connectivity index (χ1v) is 12.7. The van der Waals surface area contributed by atoms with Gasteiger partial charge in [0.05, 0.1) is 16.7 Å². The van der Waals surface area contributed by atoms with Crippen LogP contribution in [0.1, 0.15) is 5.56 Å². The van der Waals surface area contributed by atoms with Gasteiger partial charge in [0, 0.05) is 42.6 Å². The molecule has 1 fully saturated rings. The number of anilines is 2. The van der Waals surface area contributed by atoms with E-state index in [-0.39, 0.29) is 47.5 Å². The van der Waals surface area contributed by atoms with E-state index < -0.39 is 31.8 Å². The molecule has 0 bridgehead atoms. The summed E-state index contributed by atoms with van der Waals surface area (Å²) < 4.78 is 90.9. The van der Waals surface area contributed by atoms with E-state index in [1.807, 2.05) is 0 Å². The lowest BCUT2D eigenvalue weighted by molar-refractivity contribution is -0.137. The maximum atomic E-state index is 13.0. The van der Waals surface area contributed by atoms with E-state index >= 15 is 0 Å². The zero-order valence-electron chi connectivity index (χ0n) is 16.2. The Kier molecular flexibility index (Phi) is 6.47. The van der Waals surface area contributed by atoms with Crippen molar-refractivity contribution < 1.29 is 30.0 Å². The lowest BCUT2D eigenvalue weighted by atomic mass is 10.1. The predicted octanol–water partition coefficient (Wildman–Crippen LogP) is 3.24. The fraction of sp³-hybridized carbons (Fsp3) is 0.333. The first-order valence-electron chi connectivity index (χ1n) is 8.96. The second-order valence-corrected chi connectivity index (χ2v) is 11.1. The molecule has 1 saturated heterocycles. The molecule has 0 unspecified atom stereocenters. The first-order chi connectivity index (χ1) is 14.3. The van der Waals surface area contributed by atoms with E-state index in [0.717, 1.165) is 18.4 Å². The number of benzene rings is 2. The van der Waals surface area contributed by atoms with Crippen LogP contribution in [0.15, 0.2) is 47.4 Å². The maximum Gasteiger partial charge on any atom is 0.416 e. The lowest BCUT2D eigenvalue weighted by Gasteiger charge is -2.35. The molecular formula is C18H19ClF3N3O4S2. The SMILES string of the molecule is CS(=O)(=O)Nc1ccc(S(=O)(=O)N2CCN(c3cc(Cl)cc(C(F)(F)F)c3)CC2)cc1. The molecular weight excluding hydrogens is 479 g/mol. The van der Waals surface area contributed by atoms with Gasteiger partial charge < -0.3 is 4.90 Å². The third kappa shape index (κ3) is 5.82. The van der Waals surface area contributed by atoms with Gasteiger partial charge in [-0.25, -0.2) is 16.8 Å². The molecule has 13 heteroatoms. The molecule has 1 aliphatic heterocycles. The van der Waals surface area contributed by atoms with Crippen molar-refractivity contribution in [2.75, 3.05) is 42.1 Å². The summed E-state index contributed by atoms with van der Waals surface area (Å²) >= 11 is 5.83. The van der Waals surface area contributed by atoms with Crippen molar-refractivity contribution in [1.29, 1.82) is 0 Å². The number of nitrogens with zero attached hydrogens (tertiary/aromatic N) is 2. The fourth-order valence-corrected chi connectivity index (χ4v) is 5.38. The smallest absolute Gasteiger partial charge is 0.369 e. The average molecular weight is 498 g/mol. The van der Waals surface area contributed by atoms with E-state index in [1.165, 1.54) is 34.6 Å². The Morgan fingerprint density at radius 3 is 2.03 bits per heavy atom. The van der Waals surface area contributed by atoms with Crippen LogP contribution in [0, 0.1) is 0 Å². The normalized spacial score (nSPS) is 16.4. The molecule has 0 spiro atoms. The summed E-state index contributed by atoms with van der Waals surface area (Å²) in [5.74, 6) is 0. The van der Waals surface area contributed by atoms with Gasteiger partial charge in [0.1, 0.15) is 0 Å². The minimum Gasteiger partial charge on any atom is -0.369 e. The molecule has 3 rings (SSSR count). The van der Waals surface area contributed by atoms with Gasteiger partial charge in [0.25, 0.3) is 0 Å². The summed E-state index contributed by atoms with van der Waals surface area (Å²) in [5, 5.41) is -0.0531. The van der Waals surface area contributed by atoms with E-state index in [0.29, 0.717) is 0 Å². The number of hydrogen-bond acceptors (Lipinski definition) is 5. The molecule has 1 heterocycles. The molecule has 7 nitrogen and oxygen atoms in total. The third-order valence-electron chi connectivity index (χ3n) is 4.61. The standard InChI is InChI=1S/C18H19ClF3N3O4S2/c1-30(26,27)23-15-2-4-17(5-3-15)31(28,29)25-8-6-24(7-9-25)16-11-13(18(20,21)22)10-14(19)12-16/h2-5,10-12,23H,6-9H2,1H3. The van der Waals surface area contributed by atoms with Gasteiger partial charge in [0.15, 0.2) is 0 Å². The van der Waals surface area contributed by atoms with E-state index in [9.17, 15) is 30.0 Å². The Hall–Kier alpha value is -2.02. The summed E-state index contributed by atoms with van der Waals surface area (Å²) in [5.41, 5.74) is -0.367. The molecule has 170 valence electrons. The van der Waals surface area contributed by atoms with Gasteiger partial charge in [-0.05, 0) is 42.5 Å². The number of rotatable bonds is 5. The second-order valence-electron chi connectivity index (χ2n) is 6.99. The van der Waals surface area contributed by atoms with Crippen molar-refractivity contribution in [2.45, 2.75) is 11.1 Å². The van der Waals surface area contributed by atoms with Gasteiger partial charge in [-0.3, -0.25) is 4.72 Å². The average Bonchev–Trinajstić information content (AvgIpc) is 2.66. The van der Waals surface area contributed by atoms with Crippen LogP contribution in [0.4, 0.5) is 24.5 Å². The molecule has 0 amide bonds. The Labute approximate surface area is 183 Å². The zero-order valence-corrected chi connectivity index (χ0v) is 18.6. The highest BCUT2D eigenvalue weighted by molar-refractivity contribution is 7.92. The Morgan fingerprint density at radius 2 is 1.52 bits per heavy atom. The highest BCUT2D eigenvalue weighted by Gasteiger charge is 2.33. The number of piperazine rings is 1. The molecule has 0 aromatic heterocycles. The van der Waals surface area contributed by atoms with E-state index in [2.05, 4.69) is 4.72 Å². The van der Waals surface area contributed by atoms with E-state index in [1.54, 1.807) is 4.90 Å². The Bertz CT molecular complexity index is 1160. The van der Waals surface area contributed by atoms with Gasteiger partial charge in [-0.2, -0.15) is 17.5 Å². The number of hydrogen-bond donors (Lipinski definition) is 1. The van der Waals surface area contributed by atoms with Crippen molar-refractivity contribution >= 4 is 43.0 Å². The second kappa shape index (κ2) is 8.49. The van der Waals surface area contributed by atoms with Crippen LogP contribution in [0.2, 0.25) is 5.02 Å².